The number of hydrogen-bond acceptors (Lipinski definition) is 4. The van der Waals surface area contributed by atoms with E-state index in [1.807, 2.05) is 0 Å². The van der Waals surface area contributed by atoms with Crippen LogP contribution in [0.2, 0.25) is 0 Å². The van der Waals surface area contributed by atoms with Gasteiger partial charge in [0.2, 0.25) is 0 Å². The van der Waals surface area contributed by atoms with E-state index >= 15 is 0 Å². The third-order valence-electron chi connectivity index (χ3n) is 0.848. The molecule has 0 saturated heterocycles. The first-order valence-electron chi connectivity index (χ1n) is 2.82. The van der Waals surface area contributed by atoms with Crippen LogP contribution in [0.15, 0.2) is 0 Å². The van der Waals surface area contributed by atoms with Crippen molar-refractivity contribution >= 4 is 39.3 Å². The number of nitrogens with one attached hydrogen (secondary N) is 1. The van der Waals surface area contributed by atoms with Crippen LogP contribution < -0.4 is 34.9 Å². The van der Waals surface area contributed by atoms with Crippen LogP contribution in [0.25, 0.3) is 0 Å². The molecule has 0 bridgehead atoms. The average molecular weight is 237 g/mol. The van der Waals surface area contributed by atoms with Crippen LogP contribution in [0.3, 0.4) is 0 Å². The van der Waals surface area contributed by atoms with E-state index in [-0.39, 0.29) is 39.6 Å². The van der Waals surface area contributed by atoms with Crippen molar-refractivity contribution in [1.82, 2.24) is 5.32 Å². The van der Waals surface area contributed by atoms with Crippen molar-refractivity contribution in [2.75, 3.05) is 12.3 Å². The molecule has 66 valence electrons. The van der Waals surface area contributed by atoms with Gasteiger partial charge >= 0.3 is 29.6 Å². The summed E-state index contributed by atoms with van der Waals surface area (Å²) in [6.07, 6.45) is 0.301. The summed E-state index contributed by atoms with van der Waals surface area (Å²) in [5, 5.41) is 2.59. The molecule has 0 saturated carbocycles. The molecular formula is C4H8NNaO3S3. The molecule has 4 nitrogen and oxygen atoms in total. The Bertz CT molecular complexity index is 228. The second-order valence-electron chi connectivity index (χ2n) is 1.85. The van der Waals surface area contributed by atoms with Crippen LogP contribution in [0.1, 0.15) is 6.42 Å². The van der Waals surface area contributed by atoms with Crippen molar-refractivity contribution in [3.8, 4) is 0 Å². The molecule has 0 aromatic rings. The smallest absolute Gasteiger partial charge is 0.412 e. The average Bonchev–Trinajstić information content (AvgIpc) is 1.78. The zero-order chi connectivity index (χ0) is 8.91. The van der Waals surface area contributed by atoms with Crippen LogP contribution in [0.5, 0.6) is 0 Å². The molecule has 0 unspecified atom stereocenters. The van der Waals surface area contributed by atoms with Gasteiger partial charge in [-0.3, -0.25) is 4.55 Å². The minimum Gasteiger partial charge on any atom is -0.412 e. The molecule has 0 amide bonds. The molecule has 0 rings (SSSR count). The van der Waals surface area contributed by atoms with Crippen molar-refractivity contribution in [1.29, 1.82) is 0 Å². The fraction of sp³-hybridized carbons (Fsp3) is 0.750. The van der Waals surface area contributed by atoms with E-state index in [1.54, 1.807) is 0 Å². The predicted molar refractivity (Wildman–Crippen MR) is 49.0 cm³/mol. The molecule has 0 aliphatic carbocycles. The first kappa shape index (κ1) is 15.5. The summed E-state index contributed by atoms with van der Waals surface area (Å²) in [6.45, 7) is 0.377. The van der Waals surface area contributed by atoms with Gasteiger partial charge in [-0.1, -0.05) is 4.32 Å². The van der Waals surface area contributed by atoms with Gasteiger partial charge < -0.3 is 30.2 Å². The monoisotopic (exact) mass is 237 g/mol. The molecule has 0 fully saturated rings. The Morgan fingerprint density at radius 2 is 2.08 bits per heavy atom. The van der Waals surface area contributed by atoms with Gasteiger partial charge in [0, 0.05) is 6.54 Å². The van der Waals surface area contributed by atoms with E-state index in [0.717, 1.165) is 0 Å². The topological polar surface area (TPSA) is 66.4 Å². The Kier molecular flexibility index (Phi) is 9.59. The second-order valence-corrected chi connectivity index (χ2v) is 4.50. The Balaban J connectivity index is 0. The van der Waals surface area contributed by atoms with Crippen LogP contribution in [-0.4, -0.2) is 29.6 Å². The Labute approximate surface area is 105 Å². The van der Waals surface area contributed by atoms with Crippen molar-refractivity contribution in [2.24, 2.45) is 0 Å². The quantitative estimate of drug-likeness (QED) is 0.175. The van der Waals surface area contributed by atoms with Gasteiger partial charge in [0.15, 0.2) is 0 Å². The Morgan fingerprint density at radius 3 is 2.42 bits per heavy atom. The second kappa shape index (κ2) is 7.43. The maximum Gasteiger partial charge on any atom is 1.00 e. The van der Waals surface area contributed by atoms with Gasteiger partial charge in [0.1, 0.15) is 0 Å². The fourth-order valence-corrected chi connectivity index (χ4v) is 1.16. The number of rotatable bonds is 4. The van der Waals surface area contributed by atoms with Crippen LogP contribution >= 0.6 is 12.2 Å². The molecular weight excluding hydrogens is 229 g/mol. The number of hydrogen-bond donors (Lipinski definition) is 2. The SMILES string of the molecule is O=S(=O)(O)CCCNC(=S)[S-].[Na+]. The third-order valence-corrected chi connectivity index (χ3v) is 1.94. The molecule has 0 heterocycles. The Hall–Kier alpha value is 1.02. The van der Waals surface area contributed by atoms with Gasteiger partial charge in [0.25, 0.3) is 10.1 Å². The Morgan fingerprint density at radius 1 is 1.58 bits per heavy atom. The number of thiocarbonyl (C=S) groups is 1. The molecule has 0 aromatic heterocycles. The molecule has 0 aromatic carbocycles. The normalized spacial score (nSPS) is 10.1. The minimum absolute atomic E-state index is 0. The summed E-state index contributed by atoms with van der Waals surface area (Å²) >= 11 is 8.99. The maximum atomic E-state index is 10.1. The van der Waals surface area contributed by atoms with Crippen molar-refractivity contribution in [3.63, 3.8) is 0 Å². The van der Waals surface area contributed by atoms with E-state index < -0.39 is 10.1 Å². The van der Waals surface area contributed by atoms with Gasteiger partial charge in [-0.05, 0) is 6.42 Å². The zero-order valence-electron chi connectivity index (χ0n) is 6.61. The largest absolute Gasteiger partial charge is 1.00 e. The summed E-state index contributed by atoms with van der Waals surface area (Å²) in [4.78, 5) is 0. The van der Waals surface area contributed by atoms with E-state index in [9.17, 15) is 8.42 Å². The maximum absolute atomic E-state index is 10.1. The minimum atomic E-state index is -3.84. The first-order chi connectivity index (χ1) is 4.92. The summed E-state index contributed by atoms with van der Waals surface area (Å²) < 4.78 is 28.8. The van der Waals surface area contributed by atoms with Crippen LogP contribution in [0, 0.1) is 0 Å². The predicted octanol–water partition coefficient (Wildman–Crippen LogP) is -3.31. The van der Waals surface area contributed by atoms with Gasteiger partial charge in [-0.25, -0.2) is 0 Å². The summed E-state index contributed by atoms with van der Waals surface area (Å²) in [6, 6.07) is 0. The summed E-state index contributed by atoms with van der Waals surface area (Å²) in [5.41, 5.74) is 0. The van der Waals surface area contributed by atoms with Gasteiger partial charge in [0.05, 0.1) is 5.75 Å². The van der Waals surface area contributed by atoms with E-state index in [2.05, 4.69) is 30.2 Å². The first-order valence-corrected chi connectivity index (χ1v) is 5.24. The summed E-state index contributed by atoms with van der Waals surface area (Å²) in [7, 11) is -3.84. The van der Waals surface area contributed by atoms with E-state index in [0.29, 0.717) is 13.0 Å². The van der Waals surface area contributed by atoms with Crippen LogP contribution in [-0.2, 0) is 22.7 Å². The molecule has 2 N–H and O–H groups in total. The molecule has 0 aliphatic heterocycles. The molecule has 0 radical (unpaired) electrons. The molecule has 8 heteroatoms. The molecule has 0 atom stereocenters. The van der Waals surface area contributed by atoms with Crippen LogP contribution in [0.4, 0.5) is 0 Å². The van der Waals surface area contributed by atoms with Crippen molar-refractivity contribution in [3.05, 3.63) is 0 Å². The van der Waals surface area contributed by atoms with Gasteiger partial charge in [-0.2, -0.15) is 8.42 Å². The third kappa shape index (κ3) is 13.6. The molecule has 0 aliphatic rings. The van der Waals surface area contributed by atoms with E-state index in [1.165, 1.54) is 0 Å². The van der Waals surface area contributed by atoms with E-state index in [4.69, 9.17) is 4.55 Å². The molecule has 0 spiro atoms. The van der Waals surface area contributed by atoms with Crippen molar-refractivity contribution in [2.45, 2.75) is 6.42 Å². The standard InChI is InChI=1S/C4H9NO3S3.Na/c6-11(7,8)3-1-2-5-4(9)10;/h1-3H2,(H2,5,9,10)(H,6,7,8);/q;+1/p-1. The summed E-state index contributed by atoms with van der Waals surface area (Å²) in [5.74, 6) is -0.266. The molecule has 12 heavy (non-hydrogen) atoms. The zero-order valence-corrected chi connectivity index (χ0v) is 11.1. The fourth-order valence-electron chi connectivity index (χ4n) is 0.445. The van der Waals surface area contributed by atoms with Gasteiger partial charge in [-0.15, -0.1) is 0 Å². The van der Waals surface area contributed by atoms with Crippen molar-refractivity contribution < 1.29 is 42.5 Å².